The van der Waals surface area contributed by atoms with Crippen LogP contribution in [0.1, 0.15) is 27.8 Å². The molecule has 7 nitrogen and oxygen atoms in total. The molecule has 3 N–H and O–H groups in total. The van der Waals surface area contributed by atoms with Gasteiger partial charge in [0, 0.05) is 12.1 Å². The Bertz CT molecular complexity index is 1190. The molecule has 9 heteroatoms. The number of rotatable bonds is 5. The Morgan fingerprint density at radius 3 is 2.79 bits per heavy atom. The maximum atomic E-state index is 13.3. The van der Waals surface area contributed by atoms with Crippen molar-refractivity contribution in [3.63, 3.8) is 0 Å². The smallest absolute Gasteiger partial charge is 0.230 e. The molecule has 0 radical (unpaired) electrons. The van der Waals surface area contributed by atoms with E-state index in [0.717, 1.165) is 5.56 Å². The van der Waals surface area contributed by atoms with E-state index in [0.29, 0.717) is 16.8 Å². The van der Waals surface area contributed by atoms with E-state index < -0.39 is 21.0 Å². The van der Waals surface area contributed by atoms with Crippen LogP contribution in [0.3, 0.4) is 0 Å². The van der Waals surface area contributed by atoms with E-state index in [1.165, 1.54) is 18.2 Å². The largest absolute Gasteiger partial charge is 0.309 e. The molecule has 1 aliphatic rings. The van der Waals surface area contributed by atoms with E-state index in [1.807, 2.05) is 13.0 Å². The van der Waals surface area contributed by atoms with Crippen molar-refractivity contribution in [1.82, 2.24) is 15.5 Å². The fourth-order valence-electron chi connectivity index (χ4n) is 3.38. The highest BCUT2D eigenvalue weighted by Gasteiger charge is 2.38. The van der Waals surface area contributed by atoms with Gasteiger partial charge in [-0.15, -0.1) is 0 Å². The molecule has 1 amide bonds. The Kier molecular flexibility index (Phi) is 4.93. The van der Waals surface area contributed by atoms with Gasteiger partial charge in [0.25, 0.3) is 0 Å². The first-order chi connectivity index (χ1) is 13.8. The molecule has 0 saturated heterocycles. The second-order valence-corrected chi connectivity index (χ2v) is 8.97. The fraction of sp³-hybridized carbons (Fsp3) is 0.200. The van der Waals surface area contributed by atoms with Gasteiger partial charge in [-0.05, 0) is 42.3 Å². The third-order valence-electron chi connectivity index (χ3n) is 4.77. The Morgan fingerprint density at radius 2 is 2.03 bits per heavy atom. The topological polar surface area (TPSA) is 104 Å². The van der Waals surface area contributed by atoms with Crippen molar-refractivity contribution < 1.29 is 17.6 Å². The van der Waals surface area contributed by atoms with E-state index in [-0.39, 0.29) is 29.6 Å². The van der Waals surface area contributed by atoms with Crippen LogP contribution < -0.4 is 10.6 Å². The van der Waals surface area contributed by atoms with Gasteiger partial charge in [0.15, 0.2) is 21.0 Å². The van der Waals surface area contributed by atoms with E-state index >= 15 is 0 Å². The minimum Gasteiger partial charge on any atom is -0.309 e. The highest BCUT2D eigenvalue weighted by atomic mass is 32.2. The molecular formula is C20H19FN4O3S. The minimum atomic E-state index is -3.68. The molecule has 2 heterocycles. The van der Waals surface area contributed by atoms with Crippen molar-refractivity contribution >= 4 is 21.6 Å². The number of hydrogen-bond donors (Lipinski definition) is 3. The number of nitrogens with one attached hydrogen (secondary N) is 3. The molecular weight excluding hydrogens is 395 g/mol. The lowest BCUT2D eigenvalue weighted by molar-refractivity contribution is -0.115. The van der Waals surface area contributed by atoms with Crippen molar-refractivity contribution in [3.05, 3.63) is 76.7 Å². The van der Waals surface area contributed by atoms with Crippen LogP contribution in [0.4, 0.5) is 10.2 Å². The Balaban J connectivity index is 1.54. The monoisotopic (exact) mass is 414 g/mol. The summed E-state index contributed by atoms with van der Waals surface area (Å²) in [4.78, 5) is 12.5. The second-order valence-electron chi connectivity index (χ2n) is 6.94. The molecule has 2 aromatic carbocycles. The number of carbonyl (C=O) groups is 1. The quantitative estimate of drug-likeness (QED) is 0.595. The molecule has 1 aliphatic heterocycles. The van der Waals surface area contributed by atoms with Gasteiger partial charge >= 0.3 is 0 Å². The fourth-order valence-corrected chi connectivity index (χ4v) is 5.08. The van der Waals surface area contributed by atoms with Crippen LogP contribution in [0.15, 0.2) is 53.4 Å². The van der Waals surface area contributed by atoms with E-state index in [1.54, 1.807) is 24.3 Å². The molecule has 0 spiro atoms. The van der Waals surface area contributed by atoms with Crippen LogP contribution >= 0.6 is 0 Å². The number of hydrogen-bond acceptors (Lipinski definition) is 5. The average molecular weight is 414 g/mol. The predicted molar refractivity (Wildman–Crippen MR) is 105 cm³/mol. The van der Waals surface area contributed by atoms with Crippen LogP contribution in [0.5, 0.6) is 0 Å². The van der Waals surface area contributed by atoms with E-state index in [4.69, 9.17) is 0 Å². The normalized spacial score (nSPS) is 15.9. The summed E-state index contributed by atoms with van der Waals surface area (Å²) in [6.07, 6.45) is -0.0160. The number of nitrogens with zero attached hydrogens (tertiary/aromatic N) is 1. The molecule has 0 bridgehead atoms. The molecule has 0 aliphatic carbocycles. The van der Waals surface area contributed by atoms with E-state index in [2.05, 4.69) is 20.8 Å². The van der Waals surface area contributed by atoms with Crippen molar-refractivity contribution in [1.29, 1.82) is 0 Å². The van der Waals surface area contributed by atoms with Gasteiger partial charge < -0.3 is 5.32 Å². The molecule has 0 fully saturated rings. The molecule has 3 aromatic rings. The van der Waals surface area contributed by atoms with Gasteiger partial charge in [-0.2, -0.15) is 5.10 Å². The second kappa shape index (κ2) is 7.41. The van der Waals surface area contributed by atoms with Crippen LogP contribution in [-0.2, 0) is 27.6 Å². The summed E-state index contributed by atoms with van der Waals surface area (Å²) in [6, 6.07) is 12.5. The summed E-state index contributed by atoms with van der Waals surface area (Å²) in [7, 11) is -3.68. The Labute approximate surface area is 167 Å². The van der Waals surface area contributed by atoms with E-state index in [9.17, 15) is 17.6 Å². The third-order valence-corrected chi connectivity index (χ3v) is 6.70. The first kappa shape index (κ1) is 19.3. The predicted octanol–water partition coefficient (Wildman–Crippen LogP) is 2.61. The molecule has 29 heavy (non-hydrogen) atoms. The van der Waals surface area contributed by atoms with Crippen LogP contribution in [-0.4, -0.2) is 24.5 Å². The number of halogens is 1. The number of aromatic amines is 1. The van der Waals surface area contributed by atoms with Gasteiger partial charge in [0.2, 0.25) is 5.91 Å². The lowest BCUT2D eigenvalue weighted by atomic mass is 10.1. The summed E-state index contributed by atoms with van der Waals surface area (Å²) in [6.45, 7) is 2.08. The first-order valence-electron chi connectivity index (χ1n) is 9.00. The molecule has 1 aromatic heterocycles. The summed E-state index contributed by atoms with van der Waals surface area (Å²) in [5, 5.41) is 11.5. The van der Waals surface area contributed by atoms with Gasteiger partial charge in [0.05, 0.1) is 17.0 Å². The number of H-pyrrole nitrogens is 1. The number of benzene rings is 2. The third kappa shape index (κ3) is 3.79. The maximum Gasteiger partial charge on any atom is 0.230 e. The molecule has 0 saturated carbocycles. The lowest BCUT2D eigenvalue weighted by Gasteiger charge is -2.12. The highest BCUT2D eigenvalue weighted by molar-refractivity contribution is 7.91. The Hall–Kier alpha value is -3.04. The van der Waals surface area contributed by atoms with Crippen LogP contribution in [0.2, 0.25) is 0 Å². The molecule has 150 valence electrons. The van der Waals surface area contributed by atoms with Crippen molar-refractivity contribution in [2.24, 2.45) is 0 Å². The molecule has 1 atom stereocenters. The first-order valence-corrected chi connectivity index (χ1v) is 10.5. The van der Waals surface area contributed by atoms with Gasteiger partial charge in [-0.3, -0.25) is 15.2 Å². The Morgan fingerprint density at radius 1 is 1.24 bits per heavy atom. The summed E-state index contributed by atoms with van der Waals surface area (Å²) in [5.74, 6) is -0.505. The van der Waals surface area contributed by atoms with Crippen molar-refractivity contribution in [2.75, 3.05) is 5.32 Å². The SMILES string of the molecule is Cc1cccc(S(=O)(=O)C2NCc3c(NC(=O)Cc4cccc(F)c4)n[nH]c32)c1. The summed E-state index contributed by atoms with van der Waals surface area (Å²) in [5.41, 5.74) is 2.39. The van der Waals surface area contributed by atoms with Crippen LogP contribution in [0, 0.1) is 12.7 Å². The summed E-state index contributed by atoms with van der Waals surface area (Å²) < 4.78 is 39.3. The van der Waals surface area contributed by atoms with Crippen LogP contribution in [0.25, 0.3) is 0 Å². The number of aromatic nitrogens is 2. The summed E-state index contributed by atoms with van der Waals surface area (Å²) >= 11 is 0. The highest BCUT2D eigenvalue weighted by Crippen LogP contribution is 2.35. The number of aryl methyl sites for hydroxylation is 1. The minimum absolute atomic E-state index is 0.0160. The van der Waals surface area contributed by atoms with Gasteiger partial charge in [-0.25, -0.2) is 12.8 Å². The number of sulfone groups is 1. The zero-order valence-electron chi connectivity index (χ0n) is 15.6. The van der Waals surface area contributed by atoms with Crippen molar-refractivity contribution in [2.45, 2.75) is 30.2 Å². The zero-order valence-corrected chi connectivity index (χ0v) is 16.4. The lowest BCUT2D eigenvalue weighted by Crippen LogP contribution is -2.23. The standard InChI is InChI=1S/C20H19FN4O3S/c1-12-4-2-7-15(8-12)29(27,28)20-18-16(11-22-20)19(25-24-18)23-17(26)10-13-5-3-6-14(21)9-13/h2-9,20,22H,10-11H2,1H3,(H2,23,24,25,26). The number of anilines is 1. The zero-order chi connectivity index (χ0) is 20.6. The van der Waals surface area contributed by atoms with Gasteiger partial charge in [0.1, 0.15) is 5.82 Å². The average Bonchev–Trinajstić information content (AvgIpc) is 3.25. The number of amides is 1. The number of fused-ring (bicyclic) bond motifs is 1. The number of carbonyl (C=O) groups excluding carboxylic acids is 1. The van der Waals surface area contributed by atoms with Crippen molar-refractivity contribution in [3.8, 4) is 0 Å². The maximum absolute atomic E-state index is 13.3. The molecule has 4 rings (SSSR count). The molecule has 1 unspecified atom stereocenters. The van der Waals surface area contributed by atoms with Gasteiger partial charge in [-0.1, -0.05) is 24.3 Å².